The van der Waals surface area contributed by atoms with Crippen molar-refractivity contribution in [2.45, 2.75) is 19.9 Å². The van der Waals surface area contributed by atoms with Gasteiger partial charge in [-0.3, -0.25) is 0 Å². The van der Waals surface area contributed by atoms with Crippen molar-refractivity contribution in [2.24, 2.45) is 5.73 Å². The third-order valence-electron chi connectivity index (χ3n) is 2.80. The van der Waals surface area contributed by atoms with E-state index in [1.807, 2.05) is 25.1 Å². The SMILES string of the molecule is CCOc1ccc(C(N)c2sccc2C)c(Br)c1. The number of benzene rings is 1. The van der Waals surface area contributed by atoms with Crippen LogP contribution in [0.4, 0.5) is 0 Å². The standard InChI is InChI=1S/C14H16BrNOS/c1-3-17-10-4-5-11(12(15)8-10)13(16)14-9(2)6-7-18-14/h4-8,13H,3,16H2,1-2H3. The number of hydrogen-bond acceptors (Lipinski definition) is 3. The quantitative estimate of drug-likeness (QED) is 0.911. The van der Waals surface area contributed by atoms with E-state index in [4.69, 9.17) is 10.5 Å². The van der Waals surface area contributed by atoms with Gasteiger partial charge in [-0.05, 0) is 48.6 Å². The van der Waals surface area contributed by atoms with Gasteiger partial charge in [0.05, 0.1) is 12.6 Å². The smallest absolute Gasteiger partial charge is 0.120 e. The number of hydrogen-bond donors (Lipinski definition) is 1. The Balaban J connectivity index is 2.31. The summed E-state index contributed by atoms with van der Waals surface area (Å²) in [6, 6.07) is 7.98. The normalized spacial score (nSPS) is 12.4. The molecule has 0 fully saturated rings. The number of thiophene rings is 1. The molecule has 0 spiro atoms. The van der Waals surface area contributed by atoms with Gasteiger partial charge in [0, 0.05) is 9.35 Å². The van der Waals surface area contributed by atoms with E-state index in [0.717, 1.165) is 15.8 Å². The lowest BCUT2D eigenvalue weighted by Gasteiger charge is -2.15. The Kier molecular flexibility index (Phi) is 4.43. The molecule has 2 rings (SSSR count). The van der Waals surface area contributed by atoms with Crippen LogP contribution in [0.2, 0.25) is 0 Å². The summed E-state index contributed by atoms with van der Waals surface area (Å²) in [6.45, 7) is 4.73. The van der Waals surface area contributed by atoms with Crippen LogP contribution in [0.15, 0.2) is 34.1 Å². The maximum absolute atomic E-state index is 6.33. The van der Waals surface area contributed by atoms with Crippen molar-refractivity contribution in [3.63, 3.8) is 0 Å². The average molecular weight is 326 g/mol. The van der Waals surface area contributed by atoms with Gasteiger partial charge >= 0.3 is 0 Å². The van der Waals surface area contributed by atoms with Gasteiger partial charge in [0.1, 0.15) is 5.75 Å². The fourth-order valence-corrected chi connectivity index (χ4v) is 3.41. The van der Waals surface area contributed by atoms with Crippen LogP contribution in [0.1, 0.15) is 29.0 Å². The van der Waals surface area contributed by atoms with Crippen molar-refractivity contribution >= 4 is 27.3 Å². The van der Waals surface area contributed by atoms with Gasteiger partial charge in [0.15, 0.2) is 0 Å². The average Bonchev–Trinajstić information content (AvgIpc) is 2.75. The number of nitrogens with two attached hydrogens (primary N) is 1. The van der Waals surface area contributed by atoms with E-state index < -0.39 is 0 Å². The van der Waals surface area contributed by atoms with E-state index in [9.17, 15) is 0 Å². The molecule has 1 atom stereocenters. The predicted octanol–water partition coefficient (Wildman–Crippen LogP) is 4.27. The number of aryl methyl sites for hydroxylation is 1. The maximum Gasteiger partial charge on any atom is 0.120 e. The zero-order valence-electron chi connectivity index (χ0n) is 10.4. The molecule has 96 valence electrons. The second-order valence-corrected chi connectivity index (χ2v) is 5.86. The second kappa shape index (κ2) is 5.87. The summed E-state index contributed by atoms with van der Waals surface area (Å²) in [5.74, 6) is 0.864. The largest absolute Gasteiger partial charge is 0.494 e. The number of ether oxygens (including phenoxy) is 1. The summed E-state index contributed by atoms with van der Waals surface area (Å²) in [4.78, 5) is 1.21. The Hall–Kier alpha value is -0.840. The molecular weight excluding hydrogens is 310 g/mol. The Labute approximate surface area is 120 Å². The van der Waals surface area contributed by atoms with Crippen molar-refractivity contribution in [3.05, 3.63) is 50.1 Å². The van der Waals surface area contributed by atoms with Crippen molar-refractivity contribution in [1.82, 2.24) is 0 Å². The molecule has 0 saturated heterocycles. The molecule has 0 aliphatic carbocycles. The Morgan fingerprint density at radius 2 is 2.17 bits per heavy atom. The van der Waals surface area contributed by atoms with Crippen LogP contribution in [0, 0.1) is 6.92 Å². The molecule has 2 nitrogen and oxygen atoms in total. The number of rotatable bonds is 4. The third kappa shape index (κ3) is 2.76. The highest BCUT2D eigenvalue weighted by Gasteiger charge is 2.15. The first-order valence-electron chi connectivity index (χ1n) is 5.85. The van der Waals surface area contributed by atoms with Gasteiger partial charge < -0.3 is 10.5 Å². The first-order valence-corrected chi connectivity index (χ1v) is 7.52. The van der Waals surface area contributed by atoms with Gasteiger partial charge in [-0.15, -0.1) is 11.3 Å². The summed E-state index contributed by atoms with van der Waals surface area (Å²) in [7, 11) is 0. The van der Waals surface area contributed by atoms with E-state index in [1.165, 1.54) is 10.4 Å². The van der Waals surface area contributed by atoms with Gasteiger partial charge in [-0.1, -0.05) is 22.0 Å². The van der Waals surface area contributed by atoms with Crippen LogP contribution in [0.25, 0.3) is 0 Å². The predicted molar refractivity (Wildman–Crippen MR) is 80.4 cm³/mol. The topological polar surface area (TPSA) is 35.2 Å². The fourth-order valence-electron chi connectivity index (χ4n) is 1.86. The van der Waals surface area contributed by atoms with Gasteiger partial charge in [0.2, 0.25) is 0 Å². The molecule has 0 saturated carbocycles. The van der Waals surface area contributed by atoms with Crippen LogP contribution in [-0.2, 0) is 0 Å². The molecule has 4 heteroatoms. The molecule has 1 heterocycles. The second-order valence-electron chi connectivity index (χ2n) is 4.06. The molecule has 0 aliphatic heterocycles. The highest BCUT2D eigenvalue weighted by atomic mass is 79.9. The Morgan fingerprint density at radius 3 is 2.72 bits per heavy atom. The first kappa shape index (κ1) is 13.6. The Bertz CT molecular complexity index is 538. The molecule has 2 N–H and O–H groups in total. The monoisotopic (exact) mass is 325 g/mol. The van der Waals surface area contributed by atoms with E-state index in [1.54, 1.807) is 11.3 Å². The van der Waals surface area contributed by atoms with Crippen LogP contribution in [0.5, 0.6) is 5.75 Å². The van der Waals surface area contributed by atoms with E-state index >= 15 is 0 Å². The summed E-state index contributed by atoms with van der Waals surface area (Å²) >= 11 is 5.27. The summed E-state index contributed by atoms with van der Waals surface area (Å²) in [6.07, 6.45) is 0. The van der Waals surface area contributed by atoms with Crippen LogP contribution < -0.4 is 10.5 Å². The van der Waals surface area contributed by atoms with Crippen LogP contribution in [-0.4, -0.2) is 6.61 Å². The van der Waals surface area contributed by atoms with Crippen molar-refractivity contribution in [3.8, 4) is 5.75 Å². The lowest BCUT2D eigenvalue weighted by atomic mass is 10.0. The minimum Gasteiger partial charge on any atom is -0.494 e. The molecule has 0 bridgehead atoms. The zero-order valence-corrected chi connectivity index (χ0v) is 12.8. The molecule has 0 radical (unpaired) electrons. The maximum atomic E-state index is 6.33. The molecule has 1 aromatic heterocycles. The first-order chi connectivity index (χ1) is 8.63. The molecule has 0 aliphatic rings. The fraction of sp³-hybridized carbons (Fsp3) is 0.286. The van der Waals surface area contributed by atoms with Gasteiger partial charge in [0.25, 0.3) is 0 Å². The van der Waals surface area contributed by atoms with E-state index in [0.29, 0.717) is 6.61 Å². The van der Waals surface area contributed by atoms with Gasteiger partial charge in [-0.25, -0.2) is 0 Å². The molecule has 18 heavy (non-hydrogen) atoms. The van der Waals surface area contributed by atoms with Crippen LogP contribution in [0.3, 0.4) is 0 Å². The van der Waals surface area contributed by atoms with E-state index in [-0.39, 0.29) is 6.04 Å². The van der Waals surface area contributed by atoms with Crippen molar-refractivity contribution < 1.29 is 4.74 Å². The molecule has 0 amide bonds. The molecule has 1 aromatic carbocycles. The van der Waals surface area contributed by atoms with Gasteiger partial charge in [-0.2, -0.15) is 0 Å². The number of halogens is 1. The Morgan fingerprint density at radius 1 is 1.39 bits per heavy atom. The molecule has 2 aromatic rings. The highest BCUT2D eigenvalue weighted by Crippen LogP contribution is 2.33. The van der Waals surface area contributed by atoms with Crippen molar-refractivity contribution in [1.29, 1.82) is 0 Å². The van der Waals surface area contributed by atoms with E-state index in [2.05, 4.69) is 34.3 Å². The molecule has 1 unspecified atom stereocenters. The lowest BCUT2D eigenvalue weighted by molar-refractivity contribution is 0.340. The van der Waals surface area contributed by atoms with Crippen LogP contribution >= 0.6 is 27.3 Å². The summed E-state index contributed by atoms with van der Waals surface area (Å²) < 4.78 is 6.46. The minimum absolute atomic E-state index is 0.0879. The lowest BCUT2D eigenvalue weighted by Crippen LogP contribution is -2.12. The van der Waals surface area contributed by atoms with Crippen molar-refractivity contribution in [2.75, 3.05) is 6.61 Å². The zero-order chi connectivity index (χ0) is 13.1. The molecular formula is C14H16BrNOS. The minimum atomic E-state index is -0.0879. The summed E-state index contributed by atoms with van der Waals surface area (Å²) in [5, 5.41) is 2.08. The third-order valence-corrected chi connectivity index (χ3v) is 4.59. The highest BCUT2D eigenvalue weighted by molar-refractivity contribution is 9.10. The summed E-state index contributed by atoms with van der Waals surface area (Å²) in [5.41, 5.74) is 8.66.